The highest BCUT2D eigenvalue weighted by molar-refractivity contribution is 6.32. The number of hydrogen-bond donors (Lipinski definition) is 1. The molecule has 2 aromatic rings. The second-order valence-electron chi connectivity index (χ2n) is 4.52. The van der Waals surface area contributed by atoms with Crippen molar-refractivity contribution in [3.05, 3.63) is 69.2 Å². The molecule has 0 unspecified atom stereocenters. The van der Waals surface area contributed by atoms with Gasteiger partial charge in [-0.05, 0) is 35.9 Å². The molecule has 0 bridgehead atoms. The number of carbonyl (C=O) groups excluding carboxylic acids is 1. The zero-order chi connectivity index (χ0) is 16.8. The van der Waals surface area contributed by atoms with Gasteiger partial charge in [-0.1, -0.05) is 23.7 Å². The van der Waals surface area contributed by atoms with Gasteiger partial charge in [0.25, 0.3) is 5.69 Å². The first-order valence-corrected chi connectivity index (χ1v) is 6.94. The number of nitrogens with zero attached hydrogens (tertiary/aromatic N) is 1. The van der Waals surface area contributed by atoms with Crippen LogP contribution in [0.5, 0.6) is 5.75 Å². The van der Waals surface area contributed by atoms with Crippen LogP contribution in [0, 0.1) is 10.1 Å². The Hall–Kier alpha value is -2.86. The summed E-state index contributed by atoms with van der Waals surface area (Å²) in [5.74, 6) is 0.317. The number of nitro groups is 1. The molecule has 0 aliphatic heterocycles. The van der Waals surface area contributed by atoms with Gasteiger partial charge in [0.15, 0.2) is 0 Å². The first-order valence-electron chi connectivity index (χ1n) is 6.56. The highest BCUT2D eigenvalue weighted by Crippen LogP contribution is 2.27. The molecule has 2 aromatic carbocycles. The Morgan fingerprint density at radius 2 is 1.96 bits per heavy atom. The number of carbonyl (C=O) groups is 1. The molecular weight excluding hydrogens is 320 g/mol. The summed E-state index contributed by atoms with van der Waals surface area (Å²) in [7, 11) is 1.57. The first-order chi connectivity index (χ1) is 11.0. The van der Waals surface area contributed by atoms with E-state index in [9.17, 15) is 14.9 Å². The smallest absolute Gasteiger partial charge is 0.289 e. The standard InChI is InChI=1S/C16H13ClN2O4/c1-23-13-6-2-11(3-7-13)4-9-16(20)18-12-5-8-14(17)15(10-12)19(21)22/h2-10H,1H3,(H,18,20). The van der Waals surface area contributed by atoms with Gasteiger partial charge in [0, 0.05) is 17.8 Å². The largest absolute Gasteiger partial charge is 0.497 e. The molecule has 0 radical (unpaired) electrons. The van der Waals surface area contributed by atoms with Crippen LogP contribution in [0.3, 0.4) is 0 Å². The molecule has 1 N–H and O–H groups in total. The molecule has 0 saturated carbocycles. The fourth-order valence-corrected chi connectivity index (χ4v) is 1.99. The Morgan fingerprint density at radius 3 is 2.57 bits per heavy atom. The number of benzene rings is 2. The molecule has 0 fully saturated rings. The Kier molecular flexibility index (Phi) is 5.32. The Labute approximate surface area is 137 Å². The summed E-state index contributed by atoms with van der Waals surface area (Å²) < 4.78 is 5.04. The number of amides is 1. The zero-order valence-corrected chi connectivity index (χ0v) is 12.9. The summed E-state index contributed by atoms with van der Waals surface area (Å²) in [5, 5.41) is 13.4. The second kappa shape index (κ2) is 7.42. The lowest BCUT2D eigenvalue weighted by atomic mass is 10.2. The van der Waals surface area contributed by atoms with Crippen molar-refractivity contribution in [3.63, 3.8) is 0 Å². The van der Waals surface area contributed by atoms with Crippen molar-refractivity contribution in [2.24, 2.45) is 0 Å². The number of anilines is 1. The van der Waals surface area contributed by atoms with Crippen LogP contribution >= 0.6 is 11.6 Å². The predicted octanol–water partition coefficient (Wildman–Crippen LogP) is 3.91. The maximum atomic E-state index is 11.8. The van der Waals surface area contributed by atoms with Crippen LogP contribution < -0.4 is 10.1 Å². The van der Waals surface area contributed by atoms with Crippen LogP contribution in [-0.4, -0.2) is 17.9 Å². The van der Waals surface area contributed by atoms with E-state index in [2.05, 4.69) is 5.32 Å². The van der Waals surface area contributed by atoms with E-state index in [1.54, 1.807) is 37.5 Å². The number of hydrogen-bond acceptors (Lipinski definition) is 4. The third-order valence-electron chi connectivity index (χ3n) is 2.95. The van der Waals surface area contributed by atoms with Crippen LogP contribution in [0.2, 0.25) is 5.02 Å². The van der Waals surface area contributed by atoms with Crippen molar-refractivity contribution < 1.29 is 14.5 Å². The average molecular weight is 333 g/mol. The number of nitrogens with one attached hydrogen (secondary N) is 1. The highest BCUT2D eigenvalue weighted by atomic mass is 35.5. The molecule has 7 heteroatoms. The summed E-state index contributed by atoms with van der Waals surface area (Å²) in [6, 6.07) is 11.2. The predicted molar refractivity (Wildman–Crippen MR) is 88.8 cm³/mol. The van der Waals surface area contributed by atoms with E-state index < -0.39 is 10.8 Å². The second-order valence-corrected chi connectivity index (χ2v) is 4.93. The normalized spacial score (nSPS) is 10.5. The maximum Gasteiger partial charge on any atom is 0.289 e. The van der Waals surface area contributed by atoms with E-state index in [4.69, 9.17) is 16.3 Å². The third-order valence-corrected chi connectivity index (χ3v) is 3.27. The lowest BCUT2D eigenvalue weighted by Gasteiger charge is -2.03. The number of nitro benzene ring substituents is 1. The molecule has 2 rings (SSSR count). The molecule has 6 nitrogen and oxygen atoms in total. The quantitative estimate of drug-likeness (QED) is 0.511. The van der Waals surface area contributed by atoms with E-state index in [-0.39, 0.29) is 10.7 Å². The molecule has 1 amide bonds. The minimum Gasteiger partial charge on any atom is -0.497 e. The molecule has 118 valence electrons. The van der Waals surface area contributed by atoms with Crippen molar-refractivity contribution in [1.29, 1.82) is 0 Å². The number of rotatable bonds is 5. The van der Waals surface area contributed by atoms with Crippen molar-refractivity contribution in [2.45, 2.75) is 0 Å². The van der Waals surface area contributed by atoms with Crippen LogP contribution in [0.15, 0.2) is 48.5 Å². The first kappa shape index (κ1) is 16.5. The maximum absolute atomic E-state index is 11.8. The molecule has 0 aliphatic rings. The summed E-state index contributed by atoms with van der Waals surface area (Å²) in [6.07, 6.45) is 2.96. The molecule has 23 heavy (non-hydrogen) atoms. The molecule has 0 atom stereocenters. The minimum atomic E-state index is -0.606. The average Bonchev–Trinajstić information content (AvgIpc) is 2.55. The molecule has 0 aliphatic carbocycles. The van der Waals surface area contributed by atoms with E-state index in [0.717, 1.165) is 11.3 Å². The fraction of sp³-hybridized carbons (Fsp3) is 0.0625. The van der Waals surface area contributed by atoms with Gasteiger partial charge in [-0.25, -0.2) is 0 Å². The van der Waals surface area contributed by atoms with E-state index in [1.165, 1.54) is 24.3 Å². The Balaban J connectivity index is 2.05. The van der Waals surface area contributed by atoms with Gasteiger partial charge in [-0.2, -0.15) is 0 Å². The highest BCUT2D eigenvalue weighted by Gasteiger charge is 2.13. The molecule has 0 saturated heterocycles. The van der Waals surface area contributed by atoms with E-state index in [0.29, 0.717) is 5.69 Å². The van der Waals surface area contributed by atoms with Crippen LogP contribution in [0.4, 0.5) is 11.4 Å². The van der Waals surface area contributed by atoms with Crippen molar-refractivity contribution >= 4 is 35.0 Å². The molecular formula is C16H13ClN2O4. The monoisotopic (exact) mass is 332 g/mol. The van der Waals surface area contributed by atoms with Crippen LogP contribution in [-0.2, 0) is 4.79 Å². The van der Waals surface area contributed by atoms with Crippen LogP contribution in [0.25, 0.3) is 6.08 Å². The lowest BCUT2D eigenvalue weighted by molar-refractivity contribution is -0.384. The fourth-order valence-electron chi connectivity index (χ4n) is 1.80. The van der Waals surface area contributed by atoms with E-state index >= 15 is 0 Å². The van der Waals surface area contributed by atoms with Crippen molar-refractivity contribution in [2.75, 3.05) is 12.4 Å². The zero-order valence-electron chi connectivity index (χ0n) is 12.2. The number of methoxy groups -OCH3 is 1. The molecule has 0 aromatic heterocycles. The number of ether oxygens (including phenoxy) is 1. The summed E-state index contributed by atoms with van der Waals surface area (Å²) in [4.78, 5) is 22.1. The van der Waals surface area contributed by atoms with E-state index in [1.807, 2.05) is 0 Å². The Morgan fingerprint density at radius 1 is 1.26 bits per heavy atom. The van der Waals surface area contributed by atoms with Gasteiger partial charge < -0.3 is 10.1 Å². The van der Waals surface area contributed by atoms with Gasteiger partial charge in [0.1, 0.15) is 10.8 Å². The van der Waals surface area contributed by atoms with Crippen LogP contribution in [0.1, 0.15) is 5.56 Å². The van der Waals surface area contributed by atoms with Gasteiger partial charge in [-0.3, -0.25) is 14.9 Å². The third kappa shape index (κ3) is 4.55. The van der Waals surface area contributed by atoms with Gasteiger partial charge in [0.05, 0.1) is 12.0 Å². The summed E-state index contributed by atoms with van der Waals surface area (Å²) >= 11 is 5.72. The topological polar surface area (TPSA) is 81.5 Å². The Bertz CT molecular complexity index is 757. The number of halogens is 1. The van der Waals surface area contributed by atoms with Gasteiger partial charge in [0.2, 0.25) is 5.91 Å². The van der Waals surface area contributed by atoms with Gasteiger partial charge >= 0.3 is 0 Å². The summed E-state index contributed by atoms with van der Waals surface area (Å²) in [5.41, 5.74) is 0.858. The van der Waals surface area contributed by atoms with Crippen molar-refractivity contribution in [1.82, 2.24) is 0 Å². The molecule has 0 spiro atoms. The SMILES string of the molecule is COc1ccc(C=CC(=O)Nc2ccc(Cl)c([N+](=O)[O-])c2)cc1. The summed E-state index contributed by atoms with van der Waals surface area (Å²) in [6.45, 7) is 0. The lowest BCUT2D eigenvalue weighted by Crippen LogP contribution is -2.08. The molecule has 0 heterocycles. The van der Waals surface area contributed by atoms with Gasteiger partial charge in [-0.15, -0.1) is 0 Å². The minimum absolute atomic E-state index is 0.0155. The van der Waals surface area contributed by atoms with Crippen molar-refractivity contribution in [3.8, 4) is 5.75 Å².